The number of anilines is 1. The smallest absolute Gasteiger partial charge is 0.475 e. The SMILES string of the molecule is O=C(O)C(F)(F)F.O=C(c1cnccn1)N1CCC(c2nc3ccc(N4CCCC4)cn3n2)CC1. The molecule has 3 aromatic rings. The summed E-state index contributed by atoms with van der Waals surface area (Å²) >= 11 is 0. The number of carbonyl (C=O) groups excluding carboxylic acids is 1. The Hall–Kier alpha value is -3.77. The van der Waals surface area contributed by atoms with Crippen molar-refractivity contribution in [2.24, 2.45) is 0 Å². The van der Waals surface area contributed by atoms with Crippen LogP contribution in [0.5, 0.6) is 0 Å². The first-order chi connectivity index (χ1) is 16.7. The van der Waals surface area contributed by atoms with Crippen molar-refractivity contribution in [3.8, 4) is 0 Å². The van der Waals surface area contributed by atoms with Crippen molar-refractivity contribution >= 4 is 23.2 Å². The summed E-state index contributed by atoms with van der Waals surface area (Å²) in [6, 6.07) is 4.19. The van der Waals surface area contributed by atoms with Gasteiger partial charge in [-0.15, -0.1) is 0 Å². The lowest BCUT2D eigenvalue weighted by molar-refractivity contribution is -0.192. The molecule has 2 aliphatic rings. The topological polar surface area (TPSA) is 117 Å². The van der Waals surface area contributed by atoms with Crippen molar-refractivity contribution in [3.05, 3.63) is 48.4 Å². The molecule has 2 aliphatic heterocycles. The van der Waals surface area contributed by atoms with E-state index in [2.05, 4.69) is 33.2 Å². The van der Waals surface area contributed by atoms with Gasteiger partial charge >= 0.3 is 12.1 Å². The number of alkyl halides is 3. The number of fused-ring (bicyclic) bond motifs is 1. The number of likely N-dealkylation sites (tertiary alicyclic amines) is 1. The highest BCUT2D eigenvalue weighted by molar-refractivity contribution is 5.92. The highest BCUT2D eigenvalue weighted by atomic mass is 19.4. The Bertz CT molecular complexity index is 1170. The highest BCUT2D eigenvalue weighted by Crippen LogP contribution is 2.27. The monoisotopic (exact) mass is 491 g/mol. The second-order valence-electron chi connectivity index (χ2n) is 8.31. The summed E-state index contributed by atoms with van der Waals surface area (Å²) in [5.74, 6) is -1.65. The average molecular weight is 491 g/mol. The number of carboxylic acid groups (broad SMARTS) is 1. The molecule has 5 heterocycles. The summed E-state index contributed by atoms with van der Waals surface area (Å²) in [5, 5.41) is 11.9. The molecule has 0 unspecified atom stereocenters. The van der Waals surface area contributed by atoms with E-state index < -0.39 is 12.1 Å². The minimum atomic E-state index is -5.08. The number of piperidine rings is 1. The van der Waals surface area contributed by atoms with Gasteiger partial charge in [-0.1, -0.05) is 0 Å². The van der Waals surface area contributed by atoms with Gasteiger partial charge in [-0.3, -0.25) is 9.78 Å². The second-order valence-corrected chi connectivity index (χ2v) is 8.31. The first kappa shape index (κ1) is 24.4. The van der Waals surface area contributed by atoms with E-state index in [0.29, 0.717) is 18.8 Å². The largest absolute Gasteiger partial charge is 0.490 e. The summed E-state index contributed by atoms with van der Waals surface area (Å²) in [4.78, 5) is 38.5. The molecule has 0 radical (unpaired) electrons. The summed E-state index contributed by atoms with van der Waals surface area (Å²) in [6.07, 6.45) is 5.90. The van der Waals surface area contributed by atoms with E-state index in [1.165, 1.54) is 24.7 Å². The summed E-state index contributed by atoms with van der Waals surface area (Å²) in [5.41, 5.74) is 2.50. The van der Waals surface area contributed by atoms with Crippen molar-refractivity contribution in [1.29, 1.82) is 0 Å². The first-order valence-electron chi connectivity index (χ1n) is 11.2. The zero-order chi connectivity index (χ0) is 25.0. The van der Waals surface area contributed by atoms with Crippen LogP contribution in [0.1, 0.15) is 47.9 Å². The Kier molecular flexibility index (Phi) is 7.12. The summed E-state index contributed by atoms with van der Waals surface area (Å²) < 4.78 is 33.6. The third kappa shape index (κ3) is 5.84. The van der Waals surface area contributed by atoms with Crippen molar-refractivity contribution in [2.75, 3.05) is 31.1 Å². The van der Waals surface area contributed by atoms with Crippen LogP contribution in [-0.4, -0.2) is 78.8 Å². The fraction of sp³-hybridized carbons (Fsp3) is 0.455. The molecule has 0 atom stereocenters. The van der Waals surface area contributed by atoms with Gasteiger partial charge in [0.2, 0.25) is 0 Å². The Balaban J connectivity index is 0.000000364. The molecule has 0 bridgehead atoms. The molecule has 13 heteroatoms. The molecule has 5 rings (SSSR count). The van der Waals surface area contributed by atoms with Crippen LogP contribution >= 0.6 is 0 Å². The molecular formula is C22H24F3N7O3. The predicted octanol–water partition coefficient (Wildman–Crippen LogP) is 2.77. The quantitative estimate of drug-likeness (QED) is 0.595. The highest BCUT2D eigenvalue weighted by Gasteiger charge is 2.38. The fourth-order valence-electron chi connectivity index (χ4n) is 4.14. The van der Waals surface area contributed by atoms with Gasteiger partial charge in [0.05, 0.1) is 18.1 Å². The minimum Gasteiger partial charge on any atom is -0.475 e. The number of aliphatic carboxylic acids is 1. The maximum atomic E-state index is 12.5. The number of carbonyl (C=O) groups is 2. The van der Waals surface area contributed by atoms with Crippen LogP contribution in [-0.2, 0) is 4.79 Å². The zero-order valence-corrected chi connectivity index (χ0v) is 18.7. The molecule has 0 saturated carbocycles. The van der Waals surface area contributed by atoms with Gasteiger partial charge in [-0.2, -0.15) is 18.3 Å². The van der Waals surface area contributed by atoms with E-state index in [1.54, 1.807) is 12.4 Å². The number of nitrogens with zero attached hydrogens (tertiary/aromatic N) is 7. The fourth-order valence-corrected chi connectivity index (χ4v) is 4.14. The van der Waals surface area contributed by atoms with Gasteiger partial charge in [-0.05, 0) is 37.8 Å². The standard InChI is InChI=1S/C20H23N7O.C2HF3O2/c28-20(17-13-21-7-8-22-17)26-11-5-15(6-12-26)19-23-18-4-3-16(14-27(18)24-19)25-9-1-2-10-25;3-2(4,5)1(6)7/h3-4,7-8,13-15H,1-2,5-6,9-12H2;(H,6,7). The zero-order valence-electron chi connectivity index (χ0n) is 18.7. The molecule has 2 saturated heterocycles. The third-order valence-electron chi connectivity index (χ3n) is 5.98. The van der Waals surface area contributed by atoms with Gasteiger partial charge < -0.3 is 14.9 Å². The molecule has 1 N–H and O–H groups in total. The lowest BCUT2D eigenvalue weighted by Crippen LogP contribution is -2.38. The number of aromatic nitrogens is 5. The number of pyridine rings is 1. The molecule has 2 fully saturated rings. The maximum Gasteiger partial charge on any atom is 0.490 e. The Labute approximate surface area is 198 Å². The van der Waals surface area contributed by atoms with Crippen molar-refractivity contribution in [1.82, 2.24) is 29.5 Å². The van der Waals surface area contributed by atoms with Crippen molar-refractivity contribution in [3.63, 3.8) is 0 Å². The van der Waals surface area contributed by atoms with E-state index in [-0.39, 0.29) is 11.8 Å². The van der Waals surface area contributed by atoms with Crippen LogP contribution < -0.4 is 4.90 Å². The van der Waals surface area contributed by atoms with Crippen LogP contribution in [0.4, 0.5) is 18.9 Å². The first-order valence-corrected chi connectivity index (χ1v) is 11.2. The van der Waals surface area contributed by atoms with Crippen LogP contribution in [0.25, 0.3) is 5.65 Å². The predicted molar refractivity (Wildman–Crippen MR) is 118 cm³/mol. The van der Waals surface area contributed by atoms with E-state index >= 15 is 0 Å². The number of hydrogen-bond donors (Lipinski definition) is 1. The third-order valence-corrected chi connectivity index (χ3v) is 5.98. The molecule has 0 aliphatic carbocycles. The molecule has 1 amide bonds. The van der Waals surface area contributed by atoms with E-state index in [4.69, 9.17) is 20.0 Å². The summed E-state index contributed by atoms with van der Waals surface area (Å²) in [7, 11) is 0. The lowest BCUT2D eigenvalue weighted by atomic mass is 9.96. The van der Waals surface area contributed by atoms with Crippen molar-refractivity contribution in [2.45, 2.75) is 37.8 Å². The molecule has 0 aromatic carbocycles. The second kappa shape index (κ2) is 10.2. The Morgan fingerprint density at radius 3 is 2.31 bits per heavy atom. The minimum absolute atomic E-state index is 0.0511. The Morgan fingerprint density at radius 2 is 1.71 bits per heavy atom. The van der Waals surface area contributed by atoms with E-state index in [0.717, 1.165) is 37.4 Å². The van der Waals surface area contributed by atoms with Crippen LogP contribution in [0.15, 0.2) is 36.9 Å². The number of carboxylic acids is 1. The van der Waals surface area contributed by atoms with Gasteiger partial charge in [-0.25, -0.2) is 19.3 Å². The number of rotatable bonds is 3. The van der Waals surface area contributed by atoms with E-state index in [9.17, 15) is 18.0 Å². The normalized spacial score (nSPS) is 16.8. The van der Waals surface area contributed by atoms with Crippen LogP contribution in [0.3, 0.4) is 0 Å². The molecule has 0 spiro atoms. The maximum absolute atomic E-state index is 12.5. The molecular weight excluding hydrogens is 467 g/mol. The number of amides is 1. The van der Waals surface area contributed by atoms with Crippen LogP contribution in [0, 0.1) is 0 Å². The lowest BCUT2D eigenvalue weighted by Gasteiger charge is -2.30. The summed E-state index contributed by atoms with van der Waals surface area (Å²) in [6.45, 7) is 3.61. The Morgan fingerprint density at radius 1 is 1.03 bits per heavy atom. The van der Waals surface area contributed by atoms with Gasteiger partial charge in [0.25, 0.3) is 5.91 Å². The van der Waals surface area contributed by atoms with Gasteiger partial charge in [0.15, 0.2) is 11.5 Å². The van der Waals surface area contributed by atoms with Crippen molar-refractivity contribution < 1.29 is 27.9 Å². The average Bonchev–Trinajstić information content (AvgIpc) is 3.54. The van der Waals surface area contributed by atoms with E-state index in [1.807, 2.05) is 9.42 Å². The molecule has 186 valence electrons. The molecule has 10 nitrogen and oxygen atoms in total. The number of hydrogen-bond acceptors (Lipinski definition) is 7. The van der Waals surface area contributed by atoms with Crippen LogP contribution in [0.2, 0.25) is 0 Å². The molecule has 3 aromatic heterocycles. The van der Waals surface area contributed by atoms with Gasteiger partial charge in [0, 0.05) is 44.5 Å². The van der Waals surface area contributed by atoms with Gasteiger partial charge in [0.1, 0.15) is 5.69 Å². The number of halogens is 3. The molecule has 35 heavy (non-hydrogen) atoms.